The van der Waals surface area contributed by atoms with Gasteiger partial charge in [0.2, 0.25) is 0 Å². The molecular formula is C30H53O2S+. The summed E-state index contributed by atoms with van der Waals surface area (Å²) in [5, 5.41) is 0. The Morgan fingerprint density at radius 2 is 1.12 bits per heavy atom. The standard InChI is InChI=1S/C30H53O2S/c1-4-7-8-9-10-11-12-13-14-15-16-17-18-19-20-23-27-33(26-5-2)29-25-22-21-24-28(29)30(31)32-6-3/h21-22,24-25H,4-20,23,26-27H2,1-3H3/q+1. The third-order valence-electron chi connectivity index (χ3n) is 6.39. The van der Waals surface area contributed by atoms with E-state index in [2.05, 4.69) is 26.0 Å². The Morgan fingerprint density at radius 1 is 0.636 bits per heavy atom. The van der Waals surface area contributed by atoms with E-state index in [9.17, 15) is 4.79 Å². The van der Waals surface area contributed by atoms with Gasteiger partial charge in [0, 0.05) is 10.9 Å². The maximum atomic E-state index is 12.4. The Kier molecular flexibility index (Phi) is 19.7. The van der Waals surface area contributed by atoms with E-state index in [1.807, 2.05) is 19.1 Å². The number of ether oxygens (including phenoxy) is 1. The van der Waals surface area contributed by atoms with Crippen molar-refractivity contribution in [1.82, 2.24) is 0 Å². The average molecular weight is 478 g/mol. The van der Waals surface area contributed by atoms with Crippen LogP contribution in [0.3, 0.4) is 0 Å². The molecule has 1 aromatic carbocycles. The zero-order chi connectivity index (χ0) is 24.0. The molecule has 1 rings (SSSR count). The Balaban J connectivity index is 2.11. The smallest absolute Gasteiger partial charge is 0.343 e. The lowest BCUT2D eigenvalue weighted by molar-refractivity contribution is 0.0522. The molecule has 0 fully saturated rings. The van der Waals surface area contributed by atoms with Crippen molar-refractivity contribution in [2.45, 2.75) is 135 Å². The summed E-state index contributed by atoms with van der Waals surface area (Å²) in [5.74, 6) is 2.23. The third kappa shape index (κ3) is 14.8. The molecule has 0 spiro atoms. The van der Waals surface area contributed by atoms with E-state index in [-0.39, 0.29) is 16.9 Å². The molecule has 0 saturated carbocycles. The molecule has 33 heavy (non-hydrogen) atoms. The second-order valence-corrected chi connectivity index (χ2v) is 11.7. The molecule has 0 amide bonds. The zero-order valence-corrected chi connectivity index (χ0v) is 23.0. The Hall–Kier alpha value is -0.960. The lowest BCUT2D eigenvalue weighted by Gasteiger charge is -2.11. The van der Waals surface area contributed by atoms with Crippen LogP contribution in [0, 0.1) is 0 Å². The lowest BCUT2D eigenvalue weighted by Crippen LogP contribution is -2.17. The number of carbonyl (C=O) groups excluding carboxylic acids is 1. The van der Waals surface area contributed by atoms with Gasteiger partial charge in [-0.3, -0.25) is 0 Å². The minimum atomic E-state index is -0.159. The highest BCUT2D eigenvalue weighted by atomic mass is 32.2. The average Bonchev–Trinajstić information content (AvgIpc) is 2.83. The van der Waals surface area contributed by atoms with Crippen LogP contribution in [0.1, 0.15) is 140 Å². The molecule has 0 bridgehead atoms. The van der Waals surface area contributed by atoms with Gasteiger partial charge in [-0.05, 0) is 38.3 Å². The summed E-state index contributed by atoms with van der Waals surface area (Å²) in [7, 11) is 0.158. The van der Waals surface area contributed by atoms with Crippen molar-refractivity contribution in [3.63, 3.8) is 0 Å². The molecule has 0 radical (unpaired) electrons. The molecule has 3 heteroatoms. The molecule has 190 valence electrons. The van der Waals surface area contributed by atoms with Crippen LogP contribution in [0.25, 0.3) is 0 Å². The first-order valence-corrected chi connectivity index (χ1v) is 15.7. The van der Waals surface area contributed by atoms with E-state index < -0.39 is 0 Å². The quantitative estimate of drug-likeness (QED) is 0.0944. The monoisotopic (exact) mass is 477 g/mol. The number of esters is 1. The number of carbonyl (C=O) groups is 1. The summed E-state index contributed by atoms with van der Waals surface area (Å²) in [6, 6.07) is 8.12. The highest BCUT2D eigenvalue weighted by Gasteiger charge is 2.27. The van der Waals surface area contributed by atoms with Gasteiger partial charge in [-0.1, -0.05) is 116 Å². The fraction of sp³-hybridized carbons (Fsp3) is 0.767. The number of hydrogen-bond donors (Lipinski definition) is 0. The summed E-state index contributed by atoms with van der Waals surface area (Å²) >= 11 is 0. The second kappa shape index (κ2) is 21.6. The highest BCUT2D eigenvalue weighted by molar-refractivity contribution is 7.97. The molecular weight excluding hydrogens is 424 g/mol. The summed E-state index contributed by atoms with van der Waals surface area (Å²) in [5.41, 5.74) is 0.785. The molecule has 0 aliphatic carbocycles. The van der Waals surface area contributed by atoms with Crippen LogP contribution < -0.4 is 0 Å². The maximum absolute atomic E-state index is 12.4. The van der Waals surface area contributed by atoms with E-state index in [1.54, 1.807) is 0 Å². The van der Waals surface area contributed by atoms with Gasteiger partial charge in [0.05, 0.1) is 6.61 Å². The second-order valence-electron chi connectivity index (χ2n) is 9.42. The number of hydrogen-bond acceptors (Lipinski definition) is 2. The van der Waals surface area contributed by atoms with Crippen LogP contribution >= 0.6 is 0 Å². The SMILES string of the molecule is CCCCCCCCCCCCCCCCCC[S+](CCC)c1ccccc1C(=O)OCC. The largest absolute Gasteiger partial charge is 0.462 e. The van der Waals surface area contributed by atoms with E-state index >= 15 is 0 Å². The van der Waals surface area contributed by atoms with Gasteiger partial charge in [-0.15, -0.1) is 0 Å². The predicted octanol–water partition coefficient (Wildman–Crippen LogP) is 9.51. The van der Waals surface area contributed by atoms with E-state index in [0.717, 1.165) is 5.56 Å². The zero-order valence-electron chi connectivity index (χ0n) is 22.2. The summed E-state index contributed by atoms with van der Waals surface area (Å²) in [6.07, 6.45) is 23.7. The van der Waals surface area contributed by atoms with Gasteiger partial charge in [0.15, 0.2) is 4.90 Å². The highest BCUT2D eigenvalue weighted by Crippen LogP contribution is 2.23. The third-order valence-corrected chi connectivity index (χ3v) is 9.05. The van der Waals surface area contributed by atoms with Crippen molar-refractivity contribution in [3.8, 4) is 0 Å². The number of rotatable bonds is 22. The topological polar surface area (TPSA) is 26.3 Å². The minimum Gasteiger partial charge on any atom is -0.462 e. The fourth-order valence-electron chi connectivity index (χ4n) is 4.49. The van der Waals surface area contributed by atoms with Gasteiger partial charge in [0.25, 0.3) is 0 Å². The fourth-order valence-corrected chi connectivity index (χ4v) is 6.91. The van der Waals surface area contributed by atoms with Gasteiger partial charge in [-0.25, -0.2) is 4.79 Å². The molecule has 0 aliphatic heterocycles. The van der Waals surface area contributed by atoms with Gasteiger partial charge < -0.3 is 4.74 Å². The van der Waals surface area contributed by atoms with Crippen molar-refractivity contribution in [2.75, 3.05) is 18.1 Å². The van der Waals surface area contributed by atoms with E-state index in [0.29, 0.717) is 6.61 Å². The van der Waals surface area contributed by atoms with Crippen molar-refractivity contribution < 1.29 is 9.53 Å². The Labute approximate surface area is 209 Å². The van der Waals surface area contributed by atoms with Crippen LogP contribution in [0.15, 0.2) is 29.2 Å². The molecule has 0 N–H and O–H groups in total. The van der Waals surface area contributed by atoms with E-state index in [1.165, 1.54) is 126 Å². The predicted molar refractivity (Wildman–Crippen MR) is 148 cm³/mol. The maximum Gasteiger partial charge on any atom is 0.343 e. The molecule has 0 aromatic heterocycles. The van der Waals surface area contributed by atoms with Gasteiger partial charge in [-0.2, -0.15) is 0 Å². The summed E-state index contributed by atoms with van der Waals surface area (Å²) in [6.45, 7) is 6.86. The van der Waals surface area contributed by atoms with Crippen molar-refractivity contribution in [3.05, 3.63) is 29.8 Å². The normalized spacial score (nSPS) is 12.1. The molecule has 0 heterocycles. The lowest BCUT2D eigenvalue weighted by atomic mass is 10.0. The van der Waals surface area contributed by atoms with E-state index in [4.69, 9.17) is 4.74 Å². The van der Waals surface area contributed by atoms with Gasteiger partial charge in [0.1, 0.15) is 17.1 Å². The first-order chi connectivity index (χ1) is 16.2. The van der Waals surface area contributed by atoms with Crippen molar-refractivity contribution in [1.29, 1.82) is 0 Å². The summed E-state index contributed by atoms with van der Waals surface area (Å²) < 4.78 is 5.30. The van der Waals surface area contributed by atoms with Crippen LogP contribution in [0.2, 0.25) is 0 Å². The molecule has 0 aliphatic rings. The Bertz CT molecular complexity index is 586. The van der Waals surface area contributed by atoms with Gasteiger partial charge >= 0.3 is 5.97 Å². The summed E-state index contributed by atoms with van der Waals surface area (Å²) in [4.78, 5) is 13.6. The number of unbranched alkanes of at least 4 members (excludes halogenated alkanes) is 15. The van der Waals surface area contributed by atoms with Crippen LogP contribution in [-0.4, -0.2) is 24.1 Å². The van der Waals surface area contributed by atoms with Crippen LogP contribution in [-0.2, 0) is 15.6 Å². The molecule has 0 saturated heterocycles. The molecule has 1 atom stereocenters. The van der Waals surface area contributed by atoms with Crippen LogP contribution in [0.4, 0.5) is 0 Å². The Morgan fingerprint density at radius 3 is 1.61 bits per heavy atom. The van der Waals surface area contributed by atoms with Crippen molar-refractivity contribution in [2.24, 2.45) is 0 Å². The van der Waals surface area contributed by atoms with Crippen LogP contribution in [0.5, 0.6) is 0 Å². The molecule has 1 aromatic rings. The number of benzene rings is 1. The first kappa shape index (κ1) is 30.1. The molecule has 1 unspecified atom stereocenters. The first-order valence-electron chi connectivity index (χ1n) is 14.2. The molecule has 2 nitrogen and oxygen atoms in total. The van der Waals surface area contributed by atoms with Crippen molar-refractivity contribution >= 4 is 16.9 Å². The minimum absolute atomic E-state index is 0.158.